The molecule has 116 valence electrons. The molecule has 3 aromatic rings. The molecule has 0 saturated heterocycles. The first-order valence-electron chi connectivity index (χ1n) is 7.58. The number of anilines is 1. The van der Waals surface area contributed by atoms with Gasteiger partial charge in [-0.05, 0) is 12.5 Å². The maximum atomic E-state index is 10.2. The lowest BCUT2D eigenvalue weighted by Crippen LogP contribution is -2.13. The molecule has 3 rings (SSSR count). The van der Waals surface area contributed by atoms with E-state index >= 15 is 0 Å². The number of aromatic nitrogens is 2. The maximum Gasteiger partial charge on any atom is 0.130 e. The van der Waals surface area contributed by atoms with Crippen LogP contribution in [0.5, 0.6) is 0 Å². The SMILES string of the molecule is Cc1ccc(-c2cc(NC[C@H](O)c3ccccc3)ncn2)cc1. The van der Waals surface area contributed by atoms with E-state index in [-0.39, 0.29) is 0 Å². The van der Waals surface area contributed by atoms with Crippen molar-refractivity contribution in [1.82, 2.24) is 9.97 Å². The number of nitrogens with one attached hydrogen (secondary N) is 1. The highest BCUT2D eigenvalue weighted by Gasteiger charge is 2.07. The summed E-state index contributed by atoms with van der Waals surface area (Å²) in [5, 5.41) is 13.4. The molecule has 23 heavy (non-hydrogen) atoms. The van der Waals surface area contributed by atoms with E-state index in [4.69, 9.17) is 0 Å². The monoisotopic (exact) mass is 305 g/mol. The van der Waals surface area contributed by atoms with Crippen LogP contribution in [0, 0.1) is 6.92 Å². The van der Waals surface area contributed by atoms with E-state index in [9.17, 15) is 5.11 Å². The van der Waals surface area contributed by atoms with Crippen molar-refractivity contribution >= 4 is 5.82 Å². The first kappa shape index (κ1) is 15.2. The first-order valence-corrected chi connectivity index (χ1v) is 7.58. The number of nitrogens with zero attached hydrogens (tertiary/aromatic N) is 2. The standard InChI is InChI=1S/C19H19N3O/c1-14-7-9-15(10-8-14)17-11-19(22-13-21-17)20-12-18(23)16-5-3-2-4-6-16/h2-11,13,18,23H,12H2,1H3,(H,20,21,22)/t18-/m0/s1. The van der Waals surface area contributed by atoms with Gasteiger partial charge in [-0.2, -0.15) is 0 Å². The van der Waals surface area contributed by atoms with Crippen LogP contribution >= 0.6 is 0 Å². The molecule has 4 heteroatoms. The zero-order valence-corrected chi connectivity index (χ0v) is 13.0. The molecule has 0 unspecified atom stereocenters. The molecule has 1 heterocycles. The average molecular weight is 305 g/mol. The predicted molar refractivity (Wildman–Crippen MR) is 92.1 cm³/mol. The van der Waals surface area contributed by atoms with Crippen molar-refractivity contribution in [2.45, 2.75) is 13.0 Å². The molecule has 0 radical (unpaired) electrons. The summed E-state index contributed by atoms with van der Waals surface area (Å²) in [4.78, 5) is 8.53. The largest absolute Gasteiger partial charge is 0.387 e. The number of hydrogen-bond acceptors (Lipinski definition) is 4. The fourth-order valence-corrected chi connectivity index (χ4v) is 2.33. The predicted octanol–water partition coefficient (Wildman–Crippen LogP) is 3.60. The van der Waals surface area contributed by atoms with Crippen molar-refractivity contribution in [3.63, 3.8) is 0 Å². The molecular weight excluding hydrogens is 286 g/mol. The zero-order chi connectivity index (χ0) is 16.1. The molecule has 0 amide bonds. The fraction of sp³-hybridized carbons (Fsp3) is 0.158. The number of aryl methyl sites for hydroxylation is 1. The average Bonchev–Trinajstić information content (AvgIpc) is 2.61. The molecule has 0 aliphatic rings. The Balaban J connectivity index is 1.69. The van der Waals surface area contributed by atoms with Crippen LogP contribution in [0.3, 0.4) is 0 Å². The third kappa shape index (κ3) is 3.93. The van der Waals surface area contributed by atoms with Crippen LogP contribution in [0.4, 0.5) is 5.82 Å². The number of aliphatic hydroxyl groups excluding tert-OH is 1. The van der Waals surface area contributed by atoms with Gasteiger partial charge in [0.05, 0.1) is 11.8 Å². The lowest BCUT2D eigenvalue weighted by molar-refractivity contribution is 0.191. The third-order valence-corrected chi connectivity index (χ3v) is 3.68. The molecule has 0 bridgehead atoms. The van der Waals surface area contributed by atoms with Gasteiger partial charge in [-0.15, -0.1) is 0 Å². The van der Waals surface area contributed by atoms with Crippen molar-refractivity contribution in [3.8, 4) is 11.3 Å². The second kappa shape index (κ2) is 7.03. The number of hydrogen-bond donors (Lipinski definition) is 2. The van der Waals surface area contributed by atoms with Gasteiger partial charge in [-0.25, -0.2) is 9.97 Å². The van der Waals surface area contributed by atoms with Crippen LogP contribution in [0.1, 0.15) is 17.2 Å². The van der Waals surface area contributed by atoms with Crippen LogP contribution in [-0.4, -0.2) is 21.6 Å². The molecule has 4 nitrogen and oxygen atoms in total. The Labute approximate surface area is 135 Å². The van der Waals surface area contributed by atoms with Gasteiger partial charge in [0.25, 0.3) is 0 Å². The molecule has 0 saturated carbocycles. The summed E-state index contributed by atoms with van der Waals surface area (Å²) in [7, 11) is 0. The summed E-state index contributed by atoms with van der Waals surface area (Å²) in [5.74, 6) is 0.700. The molecular formula is C19H19N3O. The lowest BCUT2D eigenvalue weighted by atomic mass is 10.1. The molecule has 0 aliphatic carbocycles. The Morgan fingerprint density at radius 1 is 1.00 bits per heavy atom. The maximum absolute atomic E-state index is 10.2. The highest BCUT2D eigenvalue weighted by molar-refractivity contribution is 5.62. The summed E-state index contributed by atoms with van der Waals surface area (Å²) in [6, 6.07) is 19.7. The first-order chi connectivity index (χ1) is 11.2. The second-order valence-electron chi connectivity index (χ2n) is 5.46. The zero-order valence-electron chi connectivity index (χ0n) is 13.0. The van der Waals surface area contributed by atoms with E-state index in [1.807, 2.05) is 48.5 Å². The van der Waals surface area contributed by atoms with Gasteiger partial charge in [0.15, 0.2) is 0 Å². The van der Waals surface area contributed by atoms with Gasteiger partial charge in [-0.1, -0.05) is 60.2 Å². The van der Waals surface area contributed by atoms with Crippen LogP contribution in [0.2, 0.25) is 0 Å². The minimum absolute atomic E-state index is 0.397. The number of benzene rings is 2. The number of aliphatic hydroxyl groups is 1. The highest BCUT2D eigenvalue weighted by atomic mass is 16.3. The smallest absolute Gasteiger partial charge is 0.130 e. The molecule has 0 spiro atoms. The van der Waals surface area contributed by atoms with Crippen LogP contribution in [0.25, 0.3) is 11.3 Å². The molecule has 2 N–H and O–H groups in total. The van der Waals surface area contributed by atoms with E-state index in [1.165, 1.54) is 11.9 Å². The normalized spacial score (nSPS) is 11.9. The second-order valence-corrected chi connectivity index (χ2v) is 5.46. The van der Waals surface area contributed by atoms with E-state index in [0.717, 1.165) is 16.8 Å². The molecule has 1 aromatic heterocycles. The molecule has 0 aliphatic heterocycles. The van der Waals surface area contributed by atoms with Gasteiger partial charge < -0.3 is 10.4 Å². The van der Waals surface area contributed by atoms with Crippen LogP contribution < -0.4 is 5.32 Å². The van der Waals surface area contributed by atoms with E-state index in [0.29, 0.717) is 12.4 Å². The van der Waals surface area contributed by atoms with Crippen molar-refractivity contribution in [2.24, 2.45) is 0 Å². The molecule has 1 atom stereocenters. The van der Waals surface area contributed by atoms with Crippen LogP contribution in [0.15, 0.2) is 67.0 Å². The molecule has 0 fully saturated rings. The van der Waals surface area contributed by atoms with E-state index < -0.39 is 6.10 Å². The van der Waals surface area contributed by atoms with Gasteiger partial charge in [0, 0.05) is 18.2 Å². The lowest BCUT2D eigenvalue weighted by Gasteiger charge is -2.13. The quantitative estimate of drug-likeness (QED) is 0.756. The van der Waals surface area contributed by atoms with Crippen LogP contribution in [-0.2, 0) is 0 Å². The topological polar surface area (TPSA) is 58.0 Å². The van der Waals surface area contributed by atoms with Crippen molar-refractivity contribution in [2.75, 3.05) is 11.9 Å². The Bertz CT molecular complexity index is 757. The van der Waals surface area contributed by atoms with E-state index in [2.05, 4.69) is 34.3 Å². The van der Waals surface area contributed by atoms with Crippen molar-refractivity contribution in [1.29, 1.82) is 0 Å². The van der Waals surface area contributed by atoms with Crippen molar-refractivity contribution < 1.29 is 5.11 Å². The minimum atomic E-state index is -0.575. The van der Waals surface area contributed by atoms with E-state index in [1.54, 1.807) is 0 Å². The highest BCUT2D eigenvalue weighted by Crippen LogP contribution is 2.20. The summed E-state index contributed by atoms with van der Waals surface area (Å²) in [6.45, 7) is 2.45. The summed E-state index contributed by atoms with van der Waals surface area (Å²) in [6.07, 6.45) is 0.959. The number of rotatable bonds is 5. The summed E-state index contributed by atoms with van der Waals surface area (Å²) < 4.78 is 0. The minimum Gasteiger partial charge on any atom is -0.387 e. The Kier molecular flexibility index (Phi) is 4.64. The Hall–Kier alpha value is -2.72. The summed E-state index contributed by atoms with van der Waals surface area (Å²) in [5.41, 5.74) is 4.00. The third-order valence-electron chi connectivity index (χ3n) is 3.68. The Morgan fingerprint density at radius 3 is 2.48 bits per heavy atom. The van der Waals surface area contributed by atoms with Gasteiger partial charge in [-0.3, -0.25) is 0 Å². The van der Waals surface area contributed by atoms with Gasteiger partial charge >= 0.3 is 0 Å². The summed E-state index contributed by atoms with van der Waals surface area (Å²) >= 11 is 0. The van der Waals surface area contributed by atoms with Crippen molar-refractivity contribution in [3.05, 3.63) is 78.1 Å². The van der Waals surface area contributed by atoms with Gasteiger partial charge in [0.1, 0.15) is 12.1 Å². The fourth-order valence-electron chi connectivity index (χ4n) is 2.33. The Morgan fingerprint density at radius 2 is 1.74 bits per heavy atom. The van der Waals surface area contributed by atoms with Gasteiger partial charge in [0.2, 0.25) is 0 Å². The molecule has 2 aromatic carbocycles.